The molecule has 2 rings (SSSR count). The van der Waals surface area contributed by atoms with Crippen molar-refractivity contribution in [3.63, 3.8) is 0 Å². The summed E-state index contributed by atoms with van der Waals surface area (Å²) in [6, 6.07) is 7.97. The van der Waals surface area contributed by atoms with Gasteiger partial charge in [0, 0.05) is 25.7 Å². The van der Waals surface area contributed by atoms with Crippen molar-refractivity contribution in [1.29, 1.82) is 0 Å². The van der Waals surface area contributed by atoms with E-state index >= 15 is 0 Å². The Kier molecular flexibility index (Phi) is 6.21. The second-order valence-electron chi connectivity index (χ2n) is 6.08. The lowest BCUT2D eigenvalue weighted by molar-refractivity contribution is -0.114. The summed E-state index contributed by atoms with van der Waals surface area (Å²) in [6.07, 6.45) is 2.70. The first kappa shape index (κ1) is 16.0. The van der Waals surface area contributed by atoms with Gasteiger partial charge in [-0.05, 0) is 50.0 Å². The predicted octanol–water partition coefficient (Wildman–Crippen LogP) is 2.47. The number of carbonyl (C=O) groups excluding carboxylic acids is 1. The molecule has 1 unspecified atom stereocenters. The number of amides is 1. The van der Waals surface area contributed by atoms with Gasteiger partial charge >= 0.3 is 0 Å². The van der Waals surface area contributed by atoms with Crippen molar-refractivity contribution >= 4 is 11.6 Å². The van der Waals surface area contributed by atoms with Gasteiger partial charge in [0.1, 0.15) is 0 Å². The molecule has 1 aromatic carbocycles. The summed E-state index contributed by atoms with van der Waals surface area (Å²) in [5.74, 6) is 0.626. The Morgan fingerprint density at radius 2 is 2.00 bits per heavy atom. The molecule has 1 aromatic rings. The Morgan fingerprint density at radius 3 is 2.71 bits per heavy atom. The van der Waals surface area contributed by atoms with Gasteiger partial charge in [-0.2, -0.15) is 0 Å². The van der Waals surface area contributed by atoms with Crippen LogP contribution in [-0.2, 0) is 11.3 Å². The van der Waals surface area contributed by atoms with Crippen molar-refractivity contribution in [2.75, 3.05) is 31.5 Å². The van der Waals surface area contributed by atoms with Crippen LogP contribution in [0.15, 0.2) is 24.3 Å². The molecule has 116 valence electrons. The number of likely N-dealkylation sites (tertiary alicyclic amines) is 1. The highest BCUT2D eigenvalue weighted by Gasteiger charge is 2.14. The molecule has 2 N–H and O–H groups in total. The van der Waals surface area contributed by atoms with Crippen molar-refractivity contribution in [3.8, 4) is 0 Å². The van der Waals surface area contributed by atoms with Crippen LogP contribution in [0.1, 0.15) is 32.3 Å². The number of hydrogen-bond acceptors (Lipinski definition) is 3. The molecule has 1 aliphatic heterocycles. The van der Waals surface area contributed by atoms with Gasteiger partial charge in [-0.1, -0.05) is 25.1 Å². The van der Waals surface area contributed by atoms with Crippen LogP contribution in [0.2, 0.25) is 0 Å². The van der Waals surface area contributed by atoms with Crippen LogP contribution in [0.25, 0.3) is 0 Å². The fourth-order valence-corrected chi connectivity index (χ4v) is 2.91. The number of nitrogens with one attached hydrogen (secondary N) is 2. The zero-order valence-corrected chi connectivity index (χ0v) is 13.2. The Balaban J connectivity index is 1.76. The monoisotopic (exact) mass is 289 g/mol. The lowest BCUT2D eigenvalue weighted by atomic mass is 10.1. The van der Waals surface area contributed by atoms with E-state index in [9.17, 15) is 4.79 Å². The summed E-state index contributed by atoms with van der Waals surface area (Å²) >= 11 is 0. The van der Waals surface area contributed by atoms with E-state index in [2.05, 4.69) is 28.5 Å². The van der Waals surface area contributed by atoms with Gasteiger partial charge in [0.05, 0.1) is 0 Å². The molecule has 4 nitrogen and oxygen atoms in total. The largest absolute Gasteiger partial charge is 0.326 e. The van der Waals surface area contributed by atoms with Crippen molar-refractivity contribution < 1.29 is 4.79 Å². The van der Waals surface area contributed by atoms with Gasteiger partial charge in [0.25, 0.3) is 0 Å². The third-order valence-corrected chi connectivity index (χ3v) is 3.90. The lowest BCUT2D eigenvalue weighted by Gasteiger charge is -2.20. The number of anilines is 1. The van der Waals surface area contributed by atoms with Crippen LogP contribution < -0.4 is 10.6 Å². The van der Waals surface area contributed by atoms with Crippen LogP contribution in [0.3, 0.4) is 0 Å². The van der Waals surface area contributed by atoms with Gasteiger partial charge in [-0.15, -0.1) is 0 Å². The van der Waals surface area contributed by atoms with E-state index in [0.29, 0.717) is 5.92 Å². The zero-order chi connectivity index (χ0) is 15.1. The molecule has 1 amide bonds. The third-order valence-electron chi connectivity index (χ3n) is 3.90. The van der Waals surface area contributed by atoms with Crippen molar-refractivity contribution in [3.05, 3.63) is 29.8 Å². The van der Waals surface area contributed by atoms with E-state index in [1.807, 2.05) is 18.2 Å². The van der Waals surface area contributed by atoms with Crippen LogP contribution in [0.4, 0.5) is 5.69 Å². The van der Waals surface area contributed by atoms with Gasteiger partial charge in [0.2, 0.25) is 5.91 Å². The first-order chi connectivity index (χ1) is 10.1. The van der Waals surface area contributed by atoms with Crippen LogP contribution in [0, 0.1) is 5.92 Å². The molecule has 1 heterocycles. The molecular weight excluding hydrogens is 262 g/mol. The number of nitrogens with zero attached hydrogens (tertiary/aromatic N) is 1. The van der Waals surface area contributed by atoms with E-state index < -0.39 is 0 Å². The Morgan fingerprint density at radius 1 is 1.29 bits per heavy atom. The Hall–Kier alpha value is -1.39. The molecule has 1 atom stereocenters. The number of hydrogen-bond donors (Lipinski definition) is 2. The number of benzene rings is 1. The molecule has 0 bridgehead atoms. The summed E-state index contributed by atoms with van der Waals surface area (Å²) in [7, 11) is 0. The molecule has 1 fully saturated rings. The second kappa shape index (κ2) is 8.15. The van der Waals surface area contributed by atoms with E-state index in [0.717, 1.165) is 24.3 Å². The average molecular weight is 289 g/mol. The molecular formula is C17H27N3O. The highest BCUT2D eigenvalue weighted by atomic mass is 16.1. The minimum absolute atomic E-state index is 0.0233. The molecule has 21 heavy (non-hydrogen) atoms. The highest BCUT2D eigenvalue weighted by molar-refractivity contribution is 5.89. The summed E-state index contributed by atoms with van der Waals surface area (Å²) in [6.45, 7) is 9.34. The summed E-state index contributed by atoms with van der Waals surface area (Å²) < 4.78 is 0. The summed E-state index contributed by atoms with van der Waals surface area (Å²) in [4.78, 5) is 13.8. The van der Waals surface area contributed by atoms with Gasteiger partial charge in [-0.25, -0.2) is 0 Å². The summed E-state index contributed by atoms with van der Waals surface area (Å²) in [5.41, 5.74) is 2.05. The zero-order valence-electron chi connectivity index (χ0n) is 13.2. The smallest absolute Gasteiger partial charge is 0.221 e. The highest BCUT2D eigenvalue weighted by Crippen LogP contribution is 2.15. The maximum atomic E-state index is 11.2. The standard InChI is InChI=1S/C17H27N3O/c1-14(13-20-9-5-6-10-20)11-18-12-16-7-3-4-8-17(16)19-15(2)21/h3-4,7-8,14,18H,5-6,9-13H2,1-2H3,(H,19,21). The molecule has 0 saturated carbocycles. The van der Waals surface area contributed by atoms with E-state index in [4.69, 9.17) is 0 Å². The van der Waals surface area contributed by atoms with Crippen molar-refractivity contribution in [2.45, 2.75) is 33.2 Å². The molecule has 1 aliphatic rings. The number of carbonyl (C=O) groups is 1. The quantitative estimate of drug-likeness (QED) is 0.810. The normalized spacial score (nSPS) is 16.9. The fourth-order valence-electron chi connectivity index (χ4n) is 2.91. The second-order valence-corrected chi connectivity index (χ2v) is 6.08. The minimum Gasteiger partial charge on any atom is -0.326 e. The topological polar surface area (TPSA) is 44.4 Å². The van der Waals surface area contributed by atoms with Crippen molar-refractivity contribution in [2.24, 2.45) is 5.92 Å². The molecule has 0 aromatic heterocycles. The predicted molar refractivity (Wildman–Crippen MR) is 87.3 cm³/mol. The third kappa shape index (κ3) is 5.48. The van der Waals surface area contributed by atoms with Crippen LogP contribution in [-0.4, -0.2) is 37.0 Å². The molecule has 0 aliphatic carbocycles. The van der Waals surface area contributed by atoms with Crippen LogP contribution in [0.5, 0.6) is 0 Å². The minimum atomic E-state index is -0.0233. The SMILES string of the molecule is CC(=O)Nc1ccccc1CNCC(C)CN1CCCC1. The van der Waals surface area contributed by atoms with E-state index in [-0.39, 0.29) is 5.91 Å². The fraction of sp³-hybridized carbons (Fsp3) is 0.588. The Labute approximate surface area is 127 Å². The summed E-state index contributed by atoms with van der Waals surface area (Å²) in [5, 5.41) is 6.39. The first-order valence-electron chi connectivity index (χ1n) is 7.93. The van der Waals surface area contributed by atoms with E-state index in [1.165, 1.54) is 32.5 Å². The maximum Gasteiger partial charge on any atom is 0.221 e. The van der Waals surface area contributed by atoms with Gasteiger partial charge in [0.15, 0.2) is 0 Å². The number of rotatable bonds is 7. The molecule has 0 radical (unpaired) electrons. The van der Waals surface area contributed by atoms with Gasteiger partial charge < -0.3 is 15.5 Å². The van der Waals surface area contributed by atoms with E-state index in [1.54, 1.807) is 6.92 Å². The van der Waals surface area contributed by atoms with Crippen molar-refractivity contribution in [1.82, 2.24) is 10.2 Å². The first-order valence-corrected chi connectivity index (χ1v) is 7.93. The average Bonchev–Trinajstić information content (AvgIpc) is 2.93. The lowest BCUT2D eigenvalue weighted by Crippen LogP contribution is -2.31. The molecule has 4 heteroatoms. The van der Waals surface area contributed by atoms with Crippen LogP contribution >= 0.6 is 0 Å². The molecule has 1 saturated heterocycles. The molecule has 0 spiro atoms. The van der Waals surface area contributed by atoms with Gasteiger partial charge in [-0.3, -0.25) is 4.79 Å². The number of para-hydroxylation sites is 1. The Bertz CT molecular complexity index is 455. The maximum absolute atomic E-state index is 11.2.